The Labute approximate surface area is 105 Å². The summed E-state index contributed by atoms with van der Waals surface area (Å²) in [4.78, 5) is 2.25. The van der Waals surface area contributed by atoms with E-state index in [9.17, 15) is 0 Å². The van der Waals surface area contributed by atoms with Crippen LogP contribution in [-0.2, 0) is 19.5 Å². The van der Waals surface area contributed by atoms with Crippen LogP contribution in [0.25, 0.3) is 0 Å². The second-order valence-corrected chi connectivity index (χ2v) is 5.50. The lowest BCUT2D eigenvalue weighted by atomic mass is 10.1. The quantitative estimate of drug-likeness (QED) is 0.849. The summed E-state index contributed by atoms with van der Waals surface area (Å²) in [7, 11) is 0. The van der Waals surface area contributed by atoms with Gasteiger partial charge in [0.15, 0.2) is 0 Å². The van der Waals surface area contributed by atoms with Gasteiger partial charge in [-0.3, -0.25) is 9.58 Å². The second-order valence-electron chi connectivity index (χ2n) is 4.74. The van der Waals surface area contributed by atoms with E-state index >= 15 is 0 Å². The van der Waals surface area contributed by atoms with E-state index in [4.69, 9.17) is 0 Å². The zero-order valence-electron chi connectivity index (χ0n) is 9.32. The molecule has 0 amide bonds. The van der Waals surface area contributed by atoms with Crippen molar-refractivity contribution in [1.82, 2.24) is 14.7 Å². The summed E-state index contributed by atoms with van der Waals surface area (Å²) in [6, 6.07) is 0. The number of hydrogen-bond donors (Lipinski definition) is 0. The standard InChI is InChI=1S/C12H16BrN3/c1-2-15-6-5-11-10(8-15)12(13)14-16(11)7-9-3-4-9/h2,9H,1,3-8H2. The number of hydrogen-bond acceptors (Lipinski definition) is 2. The van der Waals surface area contributed by atoms with Crippen LogP contribution in [0, 0.1) is 19.4 Å². The Morgan fingerprint density at radius 1 is 1.50 bits per heavy atom. The minimum atomic E-state index is 0.883. The van der Waals surface area contributed by atoms with Gasteiger partial charge in [0, 0.05) is 43.9 Å². The fourth-order valence-corrected chi connectivity index (χ4v) is 2.87. The third-order valence-corrected chi connectivity index (χ3v) is 4.14. The lowest BCUT2D eigenvalue weighted by Crippen LogP contribution is -2.28. The topological polar surface area (TPSA) is 21.1 Å². The molecule has 3 nitrogen and oxygen atoms in total. The molecule has 1 saturated carbocycles. The molecule has 2 heterocycles. The predicted molar refractivity (Wildman–Crippen MR) is 66.4 cm³/mol. The molecule has 0 aromatic carbocycles. The van der Waals surface area contributed by atoms with Crippen molar-refractivity contribution in [2.75, 3.05) is 6.54 Å². The molecule has 1 aliphatic heterocycles. The molecule has 86 valence electrons. The Bertz CT molecular complexity index is 395. The van der Waals surface area contributed by atoms with Crippen LogP contribution < -0.4 is 0 Å². The average Bonchev–Trinajstić information content (AvgIpc) is 3.05. The van der Waals surface area contributed by atoms with Crippen molar-refractivity contribution in [3.8, 4) is 0 Å². The Hall–Kier alpha value is -0.350. The van der Waals surface area contributed by atoms with Gasteiger partial charge in [-0.05, 0) is 41.6 Å². The molecule has 2 radical (unpaired) electrons. The average molecular weight is 282 g/mol. The summed E-state index contributed by atoms with van der Waals surface area (Å²) >= 11 is 3.58. The van der Waals surface area contributed by atoms with Gasteiger partial charge < -0.3 is 0 Å². The maximum atomic E-state index is 4.61. The molecule has 3 rings (SSSR count). The largest absolute Gasteiger partial charge is 0.294 e. The van der Waals surface area contributed by atoms with Crippen LogP contribution in [0.5, 0.6) is 0 Å². The Balaban J connectivity index is 1.86. The summed E-state index contributed by atoms with van der Waals surface area (Å²) in [6.45, 7) is 8.89. The summed E-state index contributed by atoms with van der Waals surface area (Å²) in [5.74, 6) is 0.883. The minimum absolute atomic E-state index is 0.883. The van der Waals surface area contributed by atoms with Gasteiger partial charge in [-0.2, -0.15) is 5.10 Å². The van der Waals surface area contributed by atoms with E-state index in [0.29, 0.717) is 0 Å². The number of halogens is 1. The number of fused-ring (bicyclic) bond motifs is 1. The molecule has 0 bridgehead atoms. The van der Waals surface area contributed by atoms with Crippen LogP contribution in [0.3, 0.4) is 0 Å². The van der Waals surface area contributed by atoms with Gasteiger partial charge >= 0.3 is 0 Å². The third kappa shape index (κ3) is 1.93. The van der Waals surface area contributed by atoms with Crippen molar-refractivity contribution < 1.29 is 0 Å². The van der Waals surface area contributed by atoms with E-state index < -0.39 is 0 Å². The molecule has 1 aromatic rings. The third-order valence-electron chi connectivity index (χ3n) is 3.50. The molecule has 2 aliphatic rings. The highest BCUT2D eigenvalue weighted by Crippen LogP contribution is 2.33. The lowest BCUT2D eigenvalue weighted by molar-refractivity contribution is 0.317. The first-order valence-electron chi connectivity index (χ1n) is 5.88. The molecule has 0 atom stereocenters. The van der Waals surface area contributed by atoms with Crippen molar-refractivity contribution in [2.45, 2.75) is 32.4 Å². The zero-order valence-corrected chi connectivity index (χ0v) is 10.9. The first-order chi connectivity index (χ1) is 7.78. The first kappa shape index (κ1) is 10.8. The highest BCUT2D eigenvalue weighted by molar-refractivity contribution is 9.10. The van der Waals surface area contributed by atoms with E-state index in [0.717, 1.165) is 36.6 Å². The van der Waals surface area contributed by atoms with E-state index in [2.05, 4.69) is 37.5 Å². The number of nitrogens with zero attached hydrogens (tertiary/aromatic N) is 3. The molecular formula is C12H16BrN3. The van der Waals surface area contributed by atoms with Gasteiger partial charge in [-0.15, -0.1) is 0 Å². The zero-order chi connectivity index (χ0) is 11.1. The van der Waals surface area contributed by atoms with Crippen LogP contribution in [0.15, 0.2) is 4.60 Å². The van der Waals surface area contributed by atoms with Gasteiger partial charge in [0.1, 0.15) is 4.60 Å². The molecule has 1 aromatic heterocycles. The monoisotopic (exact) mass is 281 g/mol. The van der Waals surface area contributed by atoms with Crippen molar-refractivity contribution in [3.05, 3.63) is 29.3 Å². The maximum absolute atomic E-state index is 4.61. The van der Waals surface area contributed by atoms with Crippen molar-refractivity contribution >= 4 is 15.9 Å². The predicted octanol–water partition coefficient (Wildman–Crippen LogP) is 2.41. The van der Waals surface area contributed by atoms with Gasteiger partial charge in [-0.25, -0.2) is 0 Å². The Morgan fingerprint density at radius 2 is 2.31 bits per heavy atom. The fraction of sp³-hybridized carbons (Fsp3) is 0.583. The van der Waals surface area contributed by atoms with E-state index in [1.165, 1.54) is 24.1 Å². The maximum Gasteiger partial charge on any atom is 0.132 e. The van der Waals surface area contributed by atoms with Crippen molar-refractivity contribution in [3.63, 3.8) is 0 Å². The molecule has 1 aliphatic carbocycles. The Kier molecular flexibility index (Phi) is 2.80. The molecule has 0 saturated heterocycles. The Morgan fingerprint density at radius 3 is 3.00 bits per heavy atom. The van der Waals surface area contributed by atoms with E-state index in [1.54, 1.807) is 0 Å². The molecule has 0 unspecified atom stereocenters. The smallest absolute Gasteiger partial charge is 0.132 e. The molecule has 16 heavy (non-hydrogen) atoms. The highest BCUT2D eigenvalue weighted by atomic mass is 79.9. The summed E-state index contributed by atoms with van der Waals surface area (Å²) in [5.41, 5.74) is 2.78. The number of aromatic nitrogens is 2. The van der Waals surface area contributed by atoms with Crippen molar-refractivity contribution in [1.29, 1.82) is 0 Å². The summed E-state index contributed by atoms with van der Waals surface area (Å²) < 4.78 is 3.24. The van der Waals surface area contributed by atoms with Gasteiger partial charge in [0.25, 0.3) is 0 Å². The van der Waals surface area contributed by atoms with Crippen LogP contribution in [0.4, 0.5) is 0 Å². The van der Waals surface area contributed by atoms with Crippen LogP contribution >= 0.6 is 15.9 Å². The molecule has 1 fully saturated rings. The van der Waals surface area contributed by atoms with Gasteiger partial charge in [0.2, 0.25) is 0 Å². The molecule has 0 N–H and O–H groups in total. The van der Waals surface area contributed by atoms with Crippen LogP contribution in [0.2, 0.25) is 0 Å². The first-order valence-corrected chi connectivity index (χ1v) is 6.68. The molecule has 4 heteroatoms. The van der Waals surface area contributed by atoms with E-state index in [-0.39, 0.29) is 0 Å². The fourth-order valence-electron chi connectivity index (χ4n) is 2.32. The lowest BCUT2D eigenvalue weighted by Gasteiger charge is -2.25. The highest BCUT2D eigenvalue weighted by Gasteiger charge is 2.27. The SMILES string of the molecule is [CH2][CH]N1CCc2c(c(Br)nn2CC2CC2)C1. The van der Waals surface area contributed by atoms with Crippen molar-refractivity contribution in [2.24, 2.45) is 5.92 Å². The molecule has 0 spiro atoms. The van der Waals surface area contributed by atoms with E-state index in [1.807, 2.05) is 6.54 Å². The van der Waals surface area contributed by atoms with Crippen LogP contribution in [-0.4, -0.2) is 21.2 Å². The van der Waals surface area contributed by atoms with Crippen LogP contribution in [0.1, 0.15) is 24.1 Å². The van der Waals surface area contributed by atoms with Gasteiger partial charge in [0.05, 0.1) is 0 Å². The second kappa shape index (κ2) is 4.15. The van der Waals surface area contributed by atoms with Gasteiger partial charge in [-0.1, -0.05) is 0 Å². The normalized spacial score (nSPS) is 21.1. The summed E-state index contributed by atoms with van der Waals surface area (Å²) in [6.07, 6.45) is 3.85. The summed E-state index contributed by atoms with van der Waals surface area (Å²) in [5, 5.41) is 4.61. The molecular weight excluding hydrogens is 266 g/mol. The minimum Gasteiger partial charge on any atom is -0.294 e. The number of rotatable bonds is 3.